The van der Waals surface area contributed by atoms with Gasteiger partial charge in [-0.2, -0.15) is 10.4 Å². The Hall–Kier alpha value is -1.64. The molecule has 15 heavy (non-hydrogen) atoms. The Morgan fingerprint density at radius 2 is 2.20 bits per heavy atom. The van der Waals surface area contributed by atoms with Crippen molar-refractivity contribution in [2.24, 2.45) is 7.05 Å². The fourth-order valence-corrected chi connectivity index (χ4v) is 1.51. The molecule has 0 aliphatic rings. The van der Waals surface area contributed by atoms with Gasteiger partial charge >= 0.3 is 0 Å². The van der Waals surface area contributed by atoms with E-state index in [1.807, 2.05) is 6.07 Å². The van der Waals surface area contributed by atoms with Crippen LogP contribution in [0.25, 0.3) is 0 Å². The van der Waals surface area contributed by atoms with Crippen LogP contribution in [0.4, 0.5) is 14.6 Å². The molecule has 82 valence electrons. The van der Waals surface area contributed by atoms with Crippen LogP contribution >= 0.6 is 0 Å². The van der Waals surface area contributed by atoms with Gasteiger partial charge in [0.05, 0.1) is 12.2 Å². The predicted octanol–water partition coefficient (Wildman–Crippen LogP) is 1.30. The maximum Gasteiger partial charge on any atom is 0.255 e. The summed E-state index contributed by atoms with van der Waals surface area (Å²) in [6, 6.07) is 1.97. The number of aryl methyl sites for hydroxylation is 2. The van der Waals surface area contributed by atoms with Crippen LogP contribution in [-0.2, 0) is 7.05 Å². The normalized spacial score (nSPS) is 10.5. The second-order valence-corrected chi connectivity index (χ2v) is 3.29. The van der Waals surface area contributed by atoms with Crippen LogP contribution in [0.3, 0.4) is 0 Å². The average Bonchev–Trinajstić information content (AvgIpc) is 2.38. The van der Waals surface area contributed by atoms with Gasteiger partial charge in [0.2, 0.25) is 0 Å². The van der Waals surface area contributed by atoms with Crippen LogP contribution < -0.4 is 4.90 Å². The molecule has 0 radical (unpaired) electrons. The zero-order chi connectivity index (χ0) is 11.6. The number of hydrogen-bond acceptors (Lipinski definition) is 3. The van der Waals surface area contributed by atoms with E-state index in [1.54, 1.807) is 14.0 Å². The van der Waals surface area contributed by atoms with Gasteiger partial charge in [-0.1, -0.05) is 0 Å². The summed E-state index contributed by atoms with van der Waals surface area (Å²) in [6.07, 6.45) is -2.43. The Morgan fingerprint density at radius 3 is 2.67 bits per heavy atom. The van der Waals surface area contributed by atoms with Crippen LogP contribution in [0.15, 0.2) is 0 Å². The highest BCUT2D eigenvalue weighted by Gasteiger charge is 2.18. The summed E-state index contributed by atoms with van der Waals surface area (Å²) in [5.74, 6) is 0.426. The first-order chi connectivity index (χ1) is 6.97. The third kappa shape index (κ3) is 2.24. The van der Waals surface area contributed by atoms with E-state index in [0.717, 1.165) is 0 Å². The largest absolute Gasteiger partial charge is 0.353 e. The Balaban J connectivity index is 3.08. The molecule has 0 N–H and O–H groups in total. The highest BCUT2D eigenvalue weighted by molar-refractivity contribution is 5.56. The molecule has 0 amide bonds. The molecule has 0 saturated carbocycles. The highest BCUT2D eigenvalue weighted by Crippen LogP contribution is 2.21. The molecule has 1 aromatic heterocycles. The van der Waals surface area contributed by atoms with Gasteiger partial charge in [-0.15, -0.1) is 0 Å². The summed E-state index contributed by atoms with van der Waals surface area (Å²) in [6.45, 7) is 1.27. The first kappa shape index (κ1) is 11.4. The smallest absolute Gasteiger partial charge is 0.255 e. The van der Waals surface area contributed by atoms with Gasteiger partial charge in [-0.3, -0.25) is 4.68 Å². The van der Waals surface area contributed by atoms with E-state index in [-0.39, 0.29) is 0 Å². The molecule has 1 aromatic rings. The van der Waals surface area contributed by atoms with Gasteiger partial charge in [0.15, 0.2) is 0 Å². The van der Waals surface area contributed by atoms with Crippen molar-refractivity contribution >= 4 is 5.82 Å². The lowest BCUT2D eigenvalue weighted by atomic mass is 10.2. The second kappa shape index (κ2) is 4.26. The van der Waals surface area contributed by atoms with E-state index in [4.69, 9.17) is 5.26 Å². The standard InChI is InChI=1S/C9H12F2N4/c1-6-7(4-12)9(15(3)13-6)14(2)5-8(10)11/h8H,5H2,1-3H3. The molecule has 0 bridgehead atoms. The first-order valence-electron chi connectivity index (χ1n) is 4.40. The minimum Gasteiger partial charge on any atom is -0.353 e. The van der Waals surface area contributed by atoms with Crippen molar-refractivity contribution < 1.29 is 8.78 Å². The van der Waals surface area contributed by atoms with E-state index < -0.39 is 13.0 Å². The molecular weight excluding hydrogens is 202 g/mol. The third-order valence-corrected chi connectivity index (χ3v) is 2.08. The maximum absolute atomic E-state index is 12.2. The quantitative estimate of drug-likeness (QED) is 0.761. The van der Waals surface area contributed by atoms with Gasteiger partial charge in [-0.25, -0.2) is 8.78 Å². The molecule has 0 aliphatic carbocycles. The van der Waals surface area contributed by atoms with E-state index >= 15 is 0 Å². The molecule has 0 aliphatic heterocycles. The first-order valence-corrected chi connectivity index (χ1v) is 4.40. The van der Waals surface area contributed by atoms with Gasteiger partial charge < -0.3 is 4.90 Å². The second-order valence-electron chi connectivity index (χ2n) is 3.29. The molecular formula is C9H12F2N4. The van der Waals surface area contributed by atoms with Crippen LogP contribution in [0.1, 0.15) is 11.3 Å². The van der Waals surface area contributed by atoms with Gasteiger partial charge in [0, 0.05) is 14.1 Å². The molecule has 0 aromatic carbocycles. The Labute approximate surface area is 86.7 Å². The predicted molar refractivity (Wildman–Crippen MR) is 51.9 cm³/mol. The number of hydrogen-bond donors (Lipinski definition) is 0. The summed E-state index contributed by atoms with van der Waals surface area (Å²) in [5.41, 5.74) is 0.900. The number of nitriles is 1. The third-order valence-electron chi connectivity index (χ3n) is 2.08. The van der Waals surface area contributed by atoms with Gasteiger partial charge in [0.1, 0.15) is 17.5 Å². The maximum atomic E-state index is 12.2. The van der Waals surface area contributed by atoms with Crippen LogP contribution in [-0.4, -0.2) is 29.8 Å². The fourth-order valence-electron chi connectivity index (χ4n) is 1.51. The highest BCUT2D eigenvalue weighted by atomic mass is 19.3. The number of aromatic nitrogens is 2. The summed E-state index contributed by atoms with van der Waals surface area (Å²) in [4.78, 5) is 1.34. The average molecular weight is 214 g/mol. The molecule has 0 unspecified atom stereocenters. The number of halogens is 2. The molecule has 0 atom stereocenters. The lowest BCUT2D eigenvalue weighted by Gasteiger charge is -2.18. The lowest BCUT2D eigenvalue weighted by molar-refractivity contribution is 0.156. The monoisotopic (exact) mass is 214 g/mol. The molecule has 0 spiro atoms. The summed E-state index contributed by atoms with van der Waals surface area (Å²) in [5, 5.41) is 12.9. The summed E-state index contributed by atoms with van der Waals surface area (Å²) >= 11 is 0. The van der Waals surface area contributed by atoms with Crippen LogP contribution in [0, 0.1) is 18.3 Å². The molecule has 0 fully saturated rings. The molecule has 1 heterocycles. The number of nitrogens with zero attached hydrogens (tertiary/aromatic N) is 4. The Morgan fingerprint density at radius 1 is 1.60 bits per heavy atom. The van der Waals surface area contributed by atoms with E-state index in [0.29, 0.717) is 17.1 Å². The van der Waals surface area contributed by atoms with Crippen molar-refractivity contribution in [3.63, 3.8) is 0 Å². The van der Waals surface area contributed by atoms with Crippen molar-refractivity contribution in [1.29, 1.82) is 5.26 Å². The lowest BCUT2D eigenvalue weighted by Crippen LogP contribution is -2.26. The summed E-state index contributed by atoms with van der Waals surface area (Å²) in [7, 11) is 3.15. The number of anilines is 1. The van der Waals surface area contributed by atoms with Crippen LogP contribution in [0.2, 0.25) is 0 Å². The van der Waals surface area contributed by atoms with Gasteiger partial charge in [-0.05, 0) is 6.92 Å². The number of alkyl halides is 2. The van der Waals surface area contributed by atoms with Crippen molar-refractivity contribution in [2.75, 3.05) is 18.5 Å². The fraction of sp³-hybridized carbons (Fsp3) is 0.556. The summed E-state index contributed by atoms with van der Waals surface area (Å²) < 4.78 is 25.8. The Kier molecular flexibility index (Phi) is 3.24. The zero-order valence-electron chi connectivity index (χ0n) is 8.83. The molecule has 4 nitrogen and oxygen atoms in total. The van der Waals surface area contributed by atoms with E-state index in [2.05, 4.69) is 5.10 Å². The minimum atomic E-state index is -2.43. The molecule has 1 rings (SSSR count). The van der Waals surface area contributed by atoms with Crippen molar-refractivity contribution in [2.45, 2.75) is 13.3 Å². The SMILES string of the molecule is Cc1nn(C)c(N(C)CC(F)F)c1C#N. The Bertz CT molecular complexity index is 392. The molecule has 6 heteroatoms. The van der Waals surface area contributed by atoms with Crippen molar-refractivity contribution in [1.82, 2.24) is 9.78 Å². The topological polar surface area (TPSA) is 44.9 Å². The van der Waals surface area contributed by atoms with E-state index in [9.17, 15) is 8.78 Å². The number of rotatable bonds is 3. The van der Waals surface area contributed by atoms with Crippen molar-refractivity contribution in [3.8, 4) is 6.07 Å². The van der Waals surface area contributed by atoms with E-state index in [1.165, 1.54) is 16.6 Å². The molecule has 0 saturated heterocycles. The van der Waals surface area contributed by atoms with Crippen molar-refractivity contribution in [3.05, 3.63) is 11.3 Å². The van der Waals surface area contributed by atoms with Crippen LogP contribution in [0.5, 0.6) is 0 Å². The minimum absolute atomic E-state index is 0.348. The van der Waals surface area contributed by atoms with Gasteiger partial charge in [0.25, 0.3) is 6.43 Å². The zero-order valence-corrected chi connectivity index (χ0v) is 8.83.